The molecule has 0 aliphatic rings. The van der Waals surface area contributed by atoms with E-state index in [-0.39, 0.29) is 18.9 Å². The van der Waals surface area contributed by atoms with Crippen molar-refractivity contribution < 1.29 is 38.0 Å². The summed E-state index contributed by atoms with van der Waals surface area (Å²) in [5.74, 6) is -0.323. The van der Waals surface area contributed by atoms with Gasteiger partial charge < -0.3 is 34.0 Å². The molecule has 0 rings (SSSR count). The van der Waals surface area contributed by atoms with E-state index in [1.165, 1.54) is 19.3 Å². The summed E-state index contributed by atoms with van der Waals surface area (Å²) >= 11 is 0. The molecule has 3 N–H and O–H groups in total. The van der Waals surface area contributed by atoms with Crippen molar-refractivity contribution in [3.63, 3.8) is 0 Å². The molecule has 4 atom stereocenters. The third-order valence-corrected chi connectivity index (χ3v) is 10.3. The molecule has 0 aromatic rings. The summed E-state index contributed by atoms with van der Waals surface area (Å²) in [6.45, 7) is 4.21. The van der Waals surface area contributed by atoms with E-state index < -0.39 is 32.7 Å². The molecule has 0 aliphatic heterocycles. The van der Waals surface area contributed by atoms with E-state index in [0.717, 1.165) is 89.9 Å². The molecular weight excluding hydrogens is 760 g/mol. The maximum atomic E-state index is 12.9. The zero-order valence-corrected chi connectivity index (χ0v) is 38.7. The number of phosphoric acid groups is 1. The van der Waals surface area contributed by atoms with Gasteiger partial charge in [-0.05, 0) is 103 Å². The second-order valence-electron chi connectivity index (χ2n) is 16.1. The zero-order valence-electron chi connectivity index (χ0n) is 37.8. The van der Waals surface area contributed by atoms with Crippen LogP contribution in [0.3, 0.4) is 0 Å². The Hall–Kier alpha value is -2.62. The predicted octanol–water partition coefficient (Wildman–Crippen LogP) is 11.1. The lowest BCUT2D eigenvalue weighted by molar-refractivity contribution is -0.870. The average molecular weight is 845 g/mol. The quantitative estimate of drug-likeness (QED) is 0.0243. The van der Waals surface area contributed by atoms with E-state index >= 15 is 0 Å². The molecule has 0 fully saturated rings. The van der Waals surface area contributed by atoms with Crippen molar-refractivity contribution in [1.82, 2.24) is 5.32 Å². The lowest BCUT2D eigenvalue weighted by atomic mass is 10.0. The Labute approximate surface area is 361 Å². The van der Waals surface area contributed by atoms with E-state index in [0.29, 0.717) is 30.3 Å². The summed E-state index contributed by atoms with van der Waals surface area (Å²) in [5, 5.41) is 24.5. The van der Waals surface area contributed by atoms with Gasteiger partial charge in [-0.2, -0.15) is 0 Å². The molecule has 0 saturated heterocycles. The Balaban J connectivity index is 4.57. The number of unbranched alkanes of at least 4 members (excludes halogenated alkanes) is 9. The first-order valence-corrected chi connectivity index (χ1v) is 24.1. The Morgan fingerprint density at radius 1 is 0.627 bits per heavy atom. The number of aliphatic hydroxyl groups excluding tert-OH is 2. The summed E-state index contributed by atoms with van der Waals surface area (Å²) in [7, 11) is 1.06. The number of nitrogens with one attached hydrogen (secondary N) is 1. The van der Waals surface area contributed by atoms with Crippen LogP contribution in [-0.2, 0) is 18.4 Å². The lowest BCUT2D eigenvalue weighted by Crippen LogP contribution is -2.51. The Morgan fingerprint density at radius 3 is 1.61 bits per heavy atom. The molecule has 0 spiro atoms. The molecule has 0 aromatic heterocycles. The second-order valence-corrected chi connectivity index (χ2v) is 17.5. The Kier molecular flexibility index (Phi) is 37.8. The average Bonchev–Trinajstić information content (AvgIpc) is 3.19. The smallest absolute Gasteiger partial charge is 0.268 e. The van der Waals surface area contributed by atoms with Gasteiger partial charge in [0, 0.05) is 6.42 Å². The van der Waals surface area contributed by atoms with Gasteiger partial charge in [0.05, 0.1) is 39.9 Å². The van der Waals surface area contributed by atoms with E-state index in [1.807, 2.05) is 21.1 Å². The van der Waals surface area contributed by atoms with Gasteiger partial charge in [-0.25, -0.2) is 0 Å². The molecule has 338 valence electrons. The first-order valence-electron chi connectivity index (χ1n) is 22.7. The van der Waals surface area contributed by atoms with Gasteiger partial charge in [-0.15, -0.1) is 0 Å². The number of allylic oxidation sites excluding steroid dienone is 16. The zero-order chi connectivity index (χ0) is 43.7. The monoisotopic (exact) mass is 845 g/mol. The van der Waals surface area contributed by atoms with E-state index in [1.54, 1.807) is 0 Å². The minimum Gasteiger partial charge on any atom is -0.756 e. The number of aliphatic hydroxyl groups is 2. The maximum Gasteiger partial charge on any atom is 0.268 e. The van der Waals surface area contributed by atoms with Crippen LogP contribution in [0.2, 0.25) is 0 Å². The summed E-state index contributed by atoms with van der Waals surface area (Å²) < 4.78 is 23.1. The number of hydrogen-bond donors (Lipinski definition) is 3. The molecule has 0 heterocycles. The molecule has 0 saturated carbocycles. The Morgan fingerprint density at radius 2 is 1.08 bits per heavy atom. The fourth-order valence-electron chi connectivity index (χ4n) is 5.74. The molecule has 0 radical (unpaired) electrons. The van der Waals surface area contributed by atoms with Crippen LogP contribution in [0.5, 0.6) is 0 Å². The topological polar surface area (TPSA) is 128 Å². The first-order chi connectivity index (χ1) is 28.4. The van der Waals surface area contributed by atoms with E-state index in [2.05, 4.69) is 116 Å². The number of amides is 1. The van der Waals surface area contributed by atoms with Crippen LogP contribution in [0.4, 0.5) is 0 Å². The molecule has 0 aliphatic carbocycles. The van der Waals surface area contributed by atoms with Gasteiger partial charge in [0.25, 0.3) is 7.82 Å². The molecule has 9 nitrogen and oxygen atoms in total. The van der Waals surface area contributed by atoms with Gasteiger partial charge in [-0.1, -0.05) is 137 Å². The SMILES string of the molecule is CC/C=C\C/C=C\C/C=C\C/C=C\C/C=C\C/C=C\CCCCCCC(=O)NC(COP(=O)([O-])OCC[N+](C)(C)C)C(O)C(O)CCC/C=C/CC/C=C/CCCCC. The number of carbonyl (C=O) groups is 1. The van der Waals surface area contributed by atoms with Gasteiger partial charge >= 0.3 is 0 Å². The lowest BCUT2D eigenvalue weighted by Gasteiger charge is -2.31. The summed E-state index contributed by atoms with van der Waals surface area (Å²) in [5.41, 5.74) is 0. The fourth-order valence-corrected chi connectivity index (χ4v) is 6.46. The highest BCUT2D eigenvalue weighted by Crippen LogP contribution is 2.38. The maximum absolute atomic E-state index is 12.9. The largest absolute Gasteiger partial charge is 0.756 e. The number of quaternary nitrogens is 1. The number of phosphoric ester groups is 1. The van der Waals surface area contributed by atoms with Gasteiger partial charge in [-0.3, -0.25) is 9.36 Å². The molecule has 4 unspecified atom stereocenters. The third kappa shape index (κ3) is 40.6. The molecule has 0 aromatic carbocycles. The van der Waals surface area contributed by atoms with Crippen LogP contribution >= 0.6 is 7.82 Å². The predicted molar refractivity (Wildman–Crippen MR) is 248 cm³/mol. The van der Waals surface area contributed by atoms with Crippen LogP contribution in [0, 0.1) is 0 Å². The van der Waals surface area contributed by atoms with Crippen LogP contribution < -0.4 is 10.2 Å². The van der Waals surface area contributed by atoms with E-state index in [9.17, 15) is 24.5 Å². The first kappa shape index (κ1) is 56.4. The molecule has 10 heteroatoms. The fraction of sp³-hybridized carbons (Fsp3) is 0.653. The number of carbonyl (C=O) groups excluding carboxylic acids is 1. The summed E-state index contributed by atoms with van der Waals surface area (Å²) in [4.78, 5) is 25.4. The standard InChI is InChI=1S/C49H85N2O7P/c1-6-8-10-12-14-16-18-20-21-22-23-24-25-26-27-28-29-30-32-34-36-38-40-42-48(53)50-46(45-58-59(55,56)57-44-43-51(3,4)5)49(54)47(52)41-39-37-35-33-31-19-17-15-13-11-9-7-2/h8,10,14-17,20-21,23-24,26-27,29-30,33,35,46-47,49,52,54H,6-7,9,11-13,18-19,22,25,28,31-32,34,36-45H2,1-5H3,(H-,50,53,55,56)/b10-8-,16-14-,17-15+,21-20-,24-23-,27-26-,30-29-,35-33+. The highest BCUT2D eigenvalue weighted by Gasteiger charge is 2.29. The molecular formula is C49H85N2O7P. The minimum atomic E-state index is -4.69. The van der Waals surface area contributed by atoms with Crippen molar-refractivity contribution in [2.24, 2.45) is 0 Å². The van der Waals surface area contributed by atoms with Crippen molar-refractivity contribution in [3.8, 4) is 0 Å². The van der Waals surface area contributed by atoms with Crippen molar-refractivity contribution in [2.45, 2.75) is 167 Å². The number of likely N-dealkylation sites (N-methyl/N-ethyl adjacent to an activating group) is 1. The number of nitrogens with zero attached hydrogens (tertiary/aromatic N) is 1. The van der Waals surface area contributed by atoms with Gasteiger partial charge in [0.2, 0.25) is 5.91 Å². The van der Waals surface area contributed by atoms with Gasteiger partial charge in [0.1, 0.15) is 19.3 Å². The van der Waals surface area contributed by atoms with Crippen molar-refractivity contribution in [2.75, 3.05) is 40.9 Å². The molecule has 59 heavy (non-hydrogen) atoms. The van der Waals surface area contributed by atoms with Crippen LogP contribution in [-0.4, -0.2) is 79.8 Å². The van der Waals surface area contributed by atoms with Crippen LogP contribution in [0.15, 0.2) is 97.2 Å². The number of hydrogen-bond acceptors (Lipinski definition) is 7. The highest BCUT2D eigenvalue weighted by atomic mass is 31.2. The summed E-state index contributed by atoms with van der Waals surface area (Å²) in [6, 6.07) is -1.12. The van der Waals surface area contributed by atoms with Crippen LogP contribution in [0.25, 0.3) is 0 Å². The van der Waals surface area contributed by atoms with Crippen molar-refractivity contribution in [3.05, 3.63) is 97.2 Å². The normalized spacial score (nSPS) is 15.7. The van der Waals surface area contributed by atoms with E-state index in [4.69, 9.17) is 9.05 Å². The molecule has 1 amide bonds. The second kappa shape index (κ2) is 39.5. The highest BCUT2D eigenvalue weighted by molar-refractivity contribution is 7.45. The number of rotatable bonds is 39. The third-order valence-electron chi connectivity index (χ3n) is 9.38. The minimum absolute atomic E-state index is 0.0602. The molecule has 0 bridgehead atoms. The van der Waals surface area contributed by atoms with Gasteiger partial charge in [0.15, 0.2) is 0 Å². The Bertz CT molecular complexity index is 1300. The van der Waals surface area contributed by atoms with Crippen molar-refractivity contribution in [1.29, 1.82) is 0 Å². The summed E-state index contributed by atoms with van der Waals surface area (Å²) in [6.07, 6.45) is 51.6. The van der Waals surface area contributed by atoms with Crippen LogP contribution in [0.1, 0.15) is 149 Å². The van der Waals surface area contributed by atoms with Crippen molar-refractivity contribution >= 4 is 13.7 Å².